The lowest BCUT2D eigenvalue weighted by atomic mass is 9.67. The van der Waals surface area contributed by atoms with Gasteiger partial charge in [-0.05, 0) is 13.8 Å². The van der Waals surface area contributed by atoms with Gasteiger partial charge in [0, 0.05) is 45.0 Å². The summed E-state index contributed by atoms with van der Waals surface area (Å²) in [7, 11) is 1.14. The molecule has 13 heteroatoms. The molecule has 180 valence electrons. The SMILES string of the molecule is COC12CCN(C(=O)[C@H](C)NC(=O)[C@H](C)N)[C@@]1(C(=O)On1c(O)ccc1O)C(=O)CCC2=O. The van der Waals surface area contributed by atoms with Gasteiger partial charge in [0.1, 0.15) is 6.04 Å². The maximum atomic E-state index is 13.5. The van der Waals surface area contributed by atoms with E-state index in [-0.39, 0.29) is 25.8 Å². The second-order valence-corrected chi connectivity index (χ2v) is 8.07. The van der Waals surface area contributed by atoms with E-state index in [2.05, 4.69) is 5.32 Å². The number of aromatic hydroxyl groups is 2. The fourth-order valence-electron chi connectivity index (χ4n) is 4.48. The van der Waals surface area contributed by atoms with E-state index in [0.717, 1.165) is 24.1 Å². The highest BCUT2D eigenvalue weighted by Crippen LogP contribution is 2.48. The van der Waals surface area contributed by atoms with Gasteiger partial charge in [0.25, 0.3) is 0 Å². The van der Waals surface area contributed by atoms with Crippen molar-refractivity contribution in [2.75, 3.05) is 13.7 Å². The molecule has 0 radical (unpaired) electrons. The molecule has 1 saturated carbocycles. The first-order chi connectivity index (χ1) is 15.4. The Morgan fingerprint density at radius 3 is 2.24 bits per heavy atom. The summed E-state index contributed by atoms with van der Waals surface area (Å²) in [4.78, 5) is 71.2. The molecule has 2 heterocycles. The van der Waals surface area contributed by atoms with Crippen LogP contribution < -0.4 is 15.9 Å². The lowest BCUT2D eigenvalue weighted by Crippen LogP contribution is -2.76. The number of hydrogen-bond donors (Lipinski definition) is 4. The Balaban J connectivity index is 2.11. The summed E-state index contributed by atoms with van der Waals surface area (Å²) in [6, 6.07) is -0.0747. The minimum atomic E-state index is -2.54. The molecule has 1 aromatic rings. The van der Waals surface area contributed by atoms with Crippen LogP contribution in [0.15, 0.2) is 12.1 Å². The number of aromatic nitrogens is 1. The largest absolute Gasteiger partial charge is 0.492 e. The van der Waals surface area contributed by atoms with Gasteiger partial charge in [-0.3, -0.25) is 19.2 Å². The number of ketones is 2. The summed E-state index contributed by atoms with van der Waals surface area (Å²) < 4.78 is 5.82. The van der Waals surface area contributed by atoms with Crippen LogP contribution in [0.3, 0.4) is 0 Å². The summed E-state index contributed by atoms with van der Waals surface area (Å²) in [5.74, 6) is -5.60. The van der Waals surface area contributed by atoms with Crippen molar-refractivity contribution in [1.29, 1.82) is 0 Å². The smallest absolute Gasteiger partial charge is 0.369 e. The number of ether oxygens (including phenoxy) is 1. The van der Waals surface area contributed by atoms with Crippen LogP contribution >= 0.6 is 0 Å². The lowest BCUT2D eigenvalue weighted by molar-refractivity contribution is -0.191. The number of Topliss-reactive ketones (excluding diaryl/α,β-unsaturated/α-hetero) is 2. The Hall–Kier alpha value is -3.45. The molecular weight excluding hydrogens is 440 g/mol. The summed E-state index contributed by atoms with van der Waals surface area (Å²) in [5.41, 5.74) is 0.945. The van der Waals surface area contributed by atoms with E-state index in [9.17, 15) is 34.2 Å². The van der Waals surface area contributed by atoms with Crippen LogP contribution in [0.2, 0.25) is 0 Å². The summed E-state index contributed by atoms with van der Waals surface area (Å²) in [5, 5.41) is 22.1. The number of likely N-dealkylation sites (tertiary alicyclic amines) is 1. The van der Waals surface area contributed by atoms with Crippen molar-refractivity contribution in [3.63, 3.8) is 0 Å². The molecule has 2 aliphatic rings. The number of carbonyl (C=O) groups is 5. The molecule has 1 aliphatic carbocycles. The molecule has 4 atom stereocenters. The molecule has 5 N–H and O–H groups in total. The predicted molar refractivity (Wildman–Crippen MR) is 109 cm³/mol. The molecule has 1 aliphatic heterocycles. The highest BCUT2D eigenvalue weighted by atomic mass is 16.7. The number of nitrogens with one attached hydrogen (secondary N) is 1. The fraction of sp³-hybridized carbons (Fsp3) is 0.550. The standard InChI is InChI=1S/C20H26N4O9/c1-10(21)16(29)22-11(2)17(30)23-9-8-19(32-3)12(25)4-5-13(26)20(19,23)18(31)33-24-14(27)6-7-15(24)28/h6-7,10-11,27-28H,4-5,8-9,21H2,1-3H3,(H,22,29)/t10-,11-,19?,20+/m0/s1. The van der Waals surface area contributed by atoms with E-state index < -0.39 is 64.3 Å². The zero-order valence-corrected chi connectivity index (χ0v) is 18.4. The van der Waals surface area contributed by atoms with Crippen LogP contribution in [-0.2, 0) is 28.7 Å². The van der Waals surface area contributed by atoms with Gasteiger partial charge in [0.05, 0.1) is 6.04 Å². The molecule has 2 fully saturated rings. The van der Waals surface area contributed by atoms with E-state index in [1.54, 1.807) is 0 Å². The average molecular weight is 466 g/mol. The van der Waals surface area contributed by atoms with E-state index >= 15 is 0 Å². The van der Waals surface area contributed by atoms with Crippen LogP contribution in [0, 0.1) is 0 Å². The number of methoxy groups -OCH3 is 1. The first kappa shape index (κ1) is 24.2. The Morgan fingerprint density at radius 1 is 1.12 bits per heavy atom. The summed E-state index contributed by atoms with van der Waals surface area (Å²) in [6.45, 7) is 2.52. The number of nitrogens with zero attached hydrogens (tertiary/aromatic N) is 2. The number of amides is 2. The van der Waals surface area contributed by atoms with Gasteiger partial charge >= 0.3 is 5.97 Å². The fourth-order valence-corrected chi connectivity index (χ4v) is 4.48. The first-order valence-corrected chi connectivity index (χ1v) is 10.3. The highest BCUT2D eigenvalue weighted by molar-refractivity contribution is 6.21. The number of fused-ring (bicyclic) bond motifs is 1. The van der Waals surface area contributed by atoms with E-state index in [0.29, 0.717) is 4.73 Å². The molecular formula is C20H26N4O9. The summed E-state index contributed by atoms with van der Waals surface area (Å²) >= 11 is 0. The van der Waals surface area contributed by atoms with Crippen molar-refractivity contribution in [2.45, 2.75) is 56.3 Å². The molecule has 3 rings (SSSR count). The molecule has 2 amide bonds. The average Bonchev–Trinajstić information content (AvgIpc) is 3.30. The molecule has 33 heavy (non-hydrogen) atoms. The van der Waals surface area contributed by atoms with Gasteiger partial charge in [-0.25, -0.2) is 4.79 Å². The third kappa shape index (κ3) is 3.43. The third-order valence-electron chi connectivity index (χ3n) is 6.13. The maximum Gasteiger partial charge on any atom is 0.369 e. The number of rotatable bonds is 6. The van der Waals surface area contributed by atoms with Gasteiger partial charge in [-0.2, -0.15) is 0 Å². The van der Waals surface area contributed by atoms with Crippen LogP contribution in [-0.4, -0.2) is 86.1 Å². The quantitative estimate of drug-likeness (QED) is 0.341. The Kier molecular flexibility index (Phi) is 6.22. The van der Waals surface area contributed by atoms with Crippen molar-refractivity contribution in [3.05, 3.63) is 12.1 Å². The second-order valence-electron chi connectivity index (χ2n) is 8.07. The molecule has 0 aromatic carbocycles. The minimum Gasteiger partial charge on any atom is -0.492 e. The lowest BCUT2D eigenvalue weighted by Gasteiger charge is -2.46. The van der Waals surface area contributed by atoms with Crippen LogP contribution in [0.1, 0.15) is 33.1 Å². The molecule has 1 saturated heterocycles. The van der Waals surface area contributed by atoms with Crippen molar-refractivity contribution < 1.29 is 43.8 Å². The van der Waals surface area contributed by atoms with E-state index in [4.69, 9.17) is 15.3 Å². The molecule has 13 nitrogen and oxygen atoms in total. The number of nitrogens with two attached hydrogens (primary N) is 1. The molecule has 1 aromatic heterocycles. The molecule has 0 bridgehead atoms. The van der Waals surface area contributed by atoms with Crippen molar-refractivity contribution in [2.24, 2.45) is 5.73 Å². The van der Waals surface area contributed by atoms with Gasteiger partial charge in [0.15, 0.2) is 17.2 Å². The Morgan fingerprint density at radius 2 is 1.70 bits per heavy atom. The van der Waals surface area contributed by atoms with Crippen molar-refractivity contribution in [1.82, 2.24) is 14.9 Å². The Labute approximate surface area is 188 Å². The van der Waals surface area contributed by atoms with Gasteiger partial charge in [0.2, 0.25) is 29.1 Å². The molecule has 0 spiro atoms. The zero-order valence-electron chi connectivity index (χ0n) is 18.4. The highest BCUT2D eigenvalue weighted by Gasteiger charge is 2.76. The van der Waals surface area contributed by atoms with E-state index in [1.807, 2.05) is 0 Å². The van der Waals surface area contributed by atoms with Crippen molar-refractivity contribution in [3.8, 4) is 11.8 Å². The van der Waals surface area contributed by atoms with Gasteiger partial charge < -0.3 is 35.7 Å². The minimum absolute atomic E-state index is 0.188. The first-order valence-electron chi connectivity index (χ1n) is 10.3. The summed E-state index contributed by atoms with van der Waals surface area (Å²) in [6.07, 6.45) is -0.764. The second kappa shape index (κ2) is 8.48. The Bertz CT molecular complexity index is 1000. The number of hydrogen-bond acceptors (Lipinski definition) is 10. The number of carbonyl (C=O) groups excluding carboxylic acids is 5. The van der Waals surface area contributed by atoms with Gasteiger partial charge in [-0.15, -0.1) is 4.73 Å². The zero-order chi connectivity index (χ0) is 24.7. The van der Waals surface area contributed by atoms with Crippen LogP contribution in [0.4, 0.5) is 0 Å². The van der Waals surface area contributed by atoms with E-state index in [1.165, 1.54) is 13.8 Å². The van der Waals surface area contributed by atoms with Crippen molar-refractivity contribution >= 4 is 29.4 Å². The van der Waals surface area contributed by atoms with Crippen LogP contribution in [0.25, 0.3) is 0 Å². The topological polar surface area (TPSA) is 190 Å². The molecule has 1 unspecified atom stereocenters. The van der Waals surface area contributed by atoms with Crippen LogP contribution in [0.5, 0.6) is 11.8 Å². The predicted octanol–water partition coefficient (Wildman–Crippen LogP) is -2.01. The normalized spacial score (nSPS) is 26.5. The maximum absolute atomic E-state index is 13.5. The monoisotopic (exact) mass is 466 g/mol. The third-order valence-corrected chi connectivity index (χ3v) is 6.13. The van der Waals surface area contributed by atoms with Gasteiger partial charge in [-0.1, -0.05) is 0 Å².